The standard InChI is InChI=1S/C23H27N9O/c1-12(14-10-27-19(28-11-14)13-3-4-13)32-22-18(17(9-24)31-32)23(33)30-21(29-22)16-6-5-15(16)20-25-7-2-8-26-20/h2,7-8,10-13,15-18,21-22,29,31H,3-6H2,1H3,(H,30,33)/t12-,15-,16-,17?,18?,21?,22?/m1/s1. The summed E-state index contributed by atoms with van der Waals surface area (Å²) in [5.74, 6) is 2.03. The van der Waals surface area contributed by atoms with E-state index in [1.807, 2.05) is 30.4 Å². The van der Waals surface area contributed by atoms with E-state index in [0.29, 0.717) is 5.92 Å². The molecule has 2 aromatic rings. The molecule has 6 rings (SSSR count). The van der Waals surface area contributed by atoms with Crippen LogP contribution < -0.4 is 16.1 Å². The number of amides is 1. The van der Waals surface area contributed by atoms with Crippen LogP contribution in [-0.4, -0.2) is 49.2 Å². The van der Waals surface area contributed by atoms with Crippen molar-refractivity contribution in [2.45, 2.75) is 68.9 Å². The third kappa shape index (κ3) is 3.57. The molecular formula is C23H27N9O. The summed E-state index contributed by atoms with van der Waals surface area (Å²) >= 11 is 0. The van der Waals surface area contributed by atoms with E-state index in [2.05, 4.69) is 42.1 Å². The summed E-state index contributed by atoms with van der Waals surface area (Å²) in [6.45, 7) is 2.05. The molecule has 4 heterocycles. The van der Waals surface area contributed by atoms with Gasteiger partial charge in [-0.05, 0) is 38.7 Å². The van der Waals surface area contributed by atoms with E-state index in [1.165, 1.54) is 0 Å². The molecule has 0 radical (unpaired) electrons. The number of carbonyl (C=O) groups is 1. The van der Waals surface area contributed by atoms with Gasteiger partial charge in [0, 0.05) is 48.1 Å². The Morgan fingerprint density at radius 1 is 1.09 bits per heavy atom. The molecule has 170 valence electrons. The lowest BCUT2D eigenvalue weighted by molar-refractivity contribution is -0.132. The predicted molar refractivity (Wildman–Crippen MR) is 117 cm³/mol. The van der Waals surface area contributed by atoms with Gasteiger partial charge in [0.1, 0.15) is 17.7 Å². The predicted octanol–water partition coefficient (Wildman–Crippen LogP) is 1.10. The first-order valence-corrected chi connectivity index (χ1v) is 11.7. The fourth-order valence-corrected chi connectivity index (χ4v) is 5.35. The molecule has 0 spiro atoms. The quantitative estimate of drug-likeness (QED) is 0.619. The zero-order chi connectivity index (χ0) is 22.5. The summed E-state index contributed by atoms with van der Waals surface area (Å²) in [4.78, 5) is 31.1. The van der Waals surface area contributed by atoms with Crippen LogP contribution in [0.2, 0.25) is 0 Å². The lowest BCUT2D eigenvalue weighted by Gasteiger charge is -2.47. The van der Waals surface area contributed by atoms with Crippen LogP contribution in [0.25, 0.3) is 0 Å². The summed E-state index contributed by atoms with van der Waals surface area (Å²) in [5.41, 5.74) is 4.22. The Morgan fingerprint density at radius 2 is 1.85 bits per heavy atom. The number of hydrazine groups is 1. The van der Waals surface area contributed by atoms with Crippen LogP contribution in [0.1, 0.15) is 67.7 Å². The summed E-state index contributed by atoms with van der Waals surface area (Å²) in [7, 11) is 0. The van der Waals surface area contributed by atoms with Crippen molar-refractivity contribution >= 4 is 5.91 Å². The van der Waals surface area contributed by atoms with E-state index in [-0.39, 0.29) is 36.1 Å². The van der Waals surface area contributed by atoms with Crippen molar-refractivity contribution < 1.29 is 4.79 Å². The van der Waals surface area contributed by atoms with Crippen LogP contribution in [0.3, 0.4) is 0 Å². The van der Waals surface area contributed by atoms with Crippen LogP contribution in [0, 0.1) is 23.2 Å². The first-order valence-electron chi connectivity index (χ1n) is 11.7. The third-order valence-corrected chi connectivity index (χ3v) is 7.58. The molecule has 0 bridgehead atoms. The Balaban J connectivity index is 1.23. The number of hydrogen-bond donors (Lipinski definition) is 3. The van der Waals surface area contributed by atoms with Gasteiger partial charge in [0.25, 0.3) is 0 Å². The van der Waals surface area contributed by atoms with E-state index in [4.69, 9.17) is 0 Å². The van der Waals surface area contributed by atoms with Crippen molar-refractivity contribution in [3.8, 4) is 6.07 Å². The van der Waals surface area contributed by atoms with Gasteiger partial charge < -0.3 is 5.32 Å². The summed E-state index contributed by atoms with van der Waals surface area (Å²) in [6, 6.07) is 3.36. The van der Waals surface area contributed by atoms with Gasteiger partial charge >= 0.3 is 0 Å². The minimum atomic E-state index is -0.604. The molecule has 2 aliphatic heterocycles. The van der Waals surface area contributed by atoms with Crippen LogP contribution in [-0.2, 0) is 4.79 Å². The maximum absolute atomic E-state index is 13.1. The van der Waals surface area contributed by atoms with Crippen molar-refractivity contribution in [3.05, 3.63) is 48.1 Å². The molecule has 33 heavy (non-hydrogen) atoms. The zero-order valence-electron chi connectivity index (χ0n) is 18.4. The monoisotopic (exact) mass is 445 g/mol. The lowest BCUT2D eigenvalue weighted by atomic mass is 9.70. The number of nitriles is 1. The Labute approximate surface area is 192 Å². The van der Waals surface area contributed by atoms with E-state index < -0.39 is 12.0 Å². The molecule has 10 heteroatoms. The van der Waals surface area contributed by atoms with Crippen molar-refractivity contribution in [2.75, 3.05) is 0 Å². The van der Waals surface area contributed by atoms with Crippen LogP contribution in [0.15, 0.2) is 30.9 Å². The van der Waals surface area contributed by atoms with Gasteiger partial charge in [-0.3, -0.25) is 10.1 Å². The van der Waals surface area contributed by atoms with E-state index in [0.717, 1.165) is 42.9 Å². The maximum atomic E-state index is 13.1. The third-order valence-electron chi connectivity index (χ3n) is 7.58. The van der Waals surface area contributed by atoms with E-state index >= 15 is 0 Å². The lowest BCUT2D eigenvalue weighted by Crippen LogP contribution is -2.68. The normalized spacial score (nSPS) is 34.6. The fraction of sp³-hybridized carbons (Fsp3) is 0.565. The Hall–Kier alpha value is -3.00. The summed E-state index contributed by atoms with van der Waals surface area (Å²) in [5, 5.41) is 18.5. The van der Waals surface area contributed by atoms with Gasteiger partial charge in [0.15, 0.2) is 0 Å². The zero-order valence-corrected chi connectivity index (χ0v) is 18.4. The first kappa shape index (κ1) is 20.6. The highest BCUT2D eigenvalue weighted by Gasteiger charge is 2.54. The number of nitrogens with zero attached hydrogens (tertiary/aromatic N) is 6. The number of nitrogens with one attached hydrogen (secondary N) is 3. The highest BCUT2D eigenvalue weighted by atomic mass is 16.2. The van der Waals surface area contributed by atoms with Crippen LogP contribution >= 0.6 is 0 Å². The minimum Gasteiger partial charge on any atom is -0.340 e. The smallest absolute Gasteiger partial charge is 0.230 e. The van der Waals surface area contributed by atoms with E-state index in [1.54, 1.807) is 12.4 Å². The Bertz CT molecular complexity index is 1070. The first-order chi connectivity index (χ1) is 16.1. The van der Waals surface area contributed by atoms with Crippen molar-refractivity contribution in [1.82, 2.24) is 41.0 Å². The Morgan fingerprint density at radius 3 is 2.48 bits per heavy atom. The molecule has 2 saturated heterocycles. The topological polar surface area (TPSA) is 132 Å². The van der Waals surface area contributed by atoms with Gasteiger partial charge in [0.05, 0.1) is 30.4 Å². The number of carbonyl (C=O) groups excluding carboxylic acids is 1. The summed E-state index contributed by atoms with van der Waals surface area (Å²) < 4.78 is 0. The van der Waals surface area contributed by atoms with Gasteiger partial charge in [-0.25, -0.2) is 30.4 Å². The molecule has 4 fully saturated rings. The number of hydrogen-bond acceptors (Lipinski definition) is 9. The molecule has 7 atom stereocenters. The molecule has 4 unspecified atom stereocenters. The van der Waals surface area contributed by atoms with Crippen LogP contribution in [0.5, 0.6) is 0 Å². The van der Waals surface area contributed by atoms with Crippen molar-refractivity contribution in [2.24, 2.45) is 11.8 Å². The van der Waals surface area contributed by atoms with Crippen LogP contribution in [0.4, 0.5) is 0 Å². The molecule has 2 aromatic heterocycles. The average molecular weight is 446 g/mol. The molecular weight excluding hydrogens is 418 g/mol. The van der Waals surface area contributed by atoms with Gasteiger partial charge in [-0.15, -0.1) is 0 Å². The second kappa shape index (κ2) is 8.09. The minimum absolute atomic E-state index is 0.0996. The SMILES string of the molecule is C[C@H](c1cnc(C2CC2)nc1)N1NC(C#N)C2C(=O)NC([C@@H]3CC[C@H]3c3ncccn3)NC21. The second-order valence-electron chi connectivity index (χ2n) is 9.55. The van der Waals surface area contributed by atoms with Gasteiger partial charge in [0.2, 0.25) is 5.91 Å². The second-order valence-corrected chi connectivity index (χ2v) is 9.55. The number of aromatic nitrogens is 4. The Kier molecular flexibility index (Phi) is 5.05. The molecule has 2 aliphatic carbocycles. The molecule has 2 saturated carbocycles. The molecule has 0 aromatic carbocycles. The maximum Gasteiger partial charge on any atom is 0.230 e. The summed E-state index contributed by atoms with van der Waals surface area (Å²) in [6.07, 6.45) is 11.1. The molecule has 1 amide bonds. The van der Waals surface area contributed by atoms with Crippen molar-refractivity contribution in [1.29, 1.82) is 5.26 Å². The number of rotatable bonds is 5. The highest BCUT2D eigenvalue weighted by molar-refractivity contribution is 5.82. The molecule has 4 aliphatic rings. The van der Waals surface area contributed by atoms with Gasteiger partial charge in [-0.1, -0.05) is 0 Å². The van der Waals surface area contributed by atoms with Crippen molar-refractivity contribution in [3.63, 3.8) is 0 Å². The number of fused-ring (bicyclic) bond motifs is 1. The fourth-order valence-electron chi connectivity index (χ4n) is 5.35. The average Bonchev–Trinajstić information content (AvgIpc) is 3.59. The largest absolute Gasteiger partial charge is 0.340 e. The molecule has 10 nitrogen and oxygen atoms in total. The molecule has 3 N–H and O–H groups in total. The highest BCUT2D eigenvalue weighted by Crippen LogP contribution is 2.44. The van der Waals surface area contributed by atoms with Gasteiger partial charge in [-0.2, -0.15) is 5.26 Å². The van der Waals surface area contributed by atoms with E-state index in [9.17, 15) is 10.1 Å².